The van der Waals surface area contributed by atoms with Gasteiger partial charge in [0.1, 0.15) is 5.88 Å². The summed E-state index contributed by atoms with van der Waals surface area (Å²) in [4.78, 5) is 16.9. The first-order valence-corrected chi connectivity index (χ1v) is 5.26. The fourth-order valence-electron chi connectivity index (χ4n) is 0.914. The zero-order chi connectivity index (χ0) is 9.84. The Morgan fingerprint density at radius 3 is 2.92 bits per heavy atom. The summed E-state index contributed by atoms with van der Waals surface area (Å²) in [7, 11) is 1.72. The summed E-state index contributed by atoms with van der Waals surface area (Å²) in [6.45, 7) is 2.48. The van der Waals surface area contributed by atoms with Gasteiger partial charge in [-0.25, -0.2) is 4.98 Å². The van der Waals surface area contributed by atoms with E-state index in [9.17, 15) is 4.79 Å². The van der Waals surface area contributed by atoms with Gasteiger partial charge < -0.3 is 4.90 Å². The van der Waals surface area contributed by atoms with Crippen molar-refractivity contribution < 1.29 is 4.79 Å². The quantitative estimate of drug-likeness (QED) is 0.723. The van der Waals surface area contributed by atoms with Crippen LogP contribution >= 0.6 is 22.9 Å². The molecule has 72 valence electrons. The van der Waals surface area contributed by atoms with Gasteiger partial charge in [-0.05, 0) is 6.92 Å². The number of nitrogens with zero attached hydrogens (tertiary/aromatic N) is 2. The lowest BCUT2D eigenvalue weighted by atomic mass is 10.4. The minimum Gasteiger partial charge on any atom is -0.339 e. The van der Waals surface area contributed by atoms with Crippen molar-refractivity contribution >= 4 is 28.8 Å². The molecule has 0 radical (unpaired) electrons. The van der Waals surface area contributed by atoms with Crippen LogP contribution in [0.4, 0.5) is 0 Å². The van der Waals surface area contributed by atoms with Gasteiger partial charge in [0.15, 0.2) is 0 Å². The van der Waals surface area contributed by atoms with Crippen molar-refractivity contribution in [3.63, 3.8) is 0 Å². The number of halogens is 1. The standard InChI is InChI=1S/C8H11ClN2OS/c1-6-10-7(5-13-6)4-11(2)8(12)3-9/h5H,3-4H2,1-2H3. The van der Waals surface area contributed by atoms with E-state index in [0.29, 0.717) is 6.54 Å². The predicted octanol–water partition coefficient (Wildman–Crippen LogP) is 1.65. The van der Waals surface area contributed by atoms with Crippen LogP contribution in [-0.2, 0) is 11.3 Å². The molecule has 1 aromatic rings. The molecule has 0 N–H and O–H groups in total. The second-order valence-corrected chi connectivity index (χ2v) is 4.07. The van der Waals surface area contributed by atoms with Crippen molar-refractivity contribution in [1.29, 1.82) is 0 Å². The number of aromatic nitrogens is 1. The largest absolute Gasteiger partial charge is 0.339 e. The van der Waals surface area contributed by atoms with Gasteiger partial charge >= 0.3 is 0 Å². The van der Waals surface area contributed by atoms with Gasteiger partial charge in [0.2, 0.25) is 5.91 Å². The van der Waals surface area contributed by atoms with E-state index in [2.05, 4.69) is 4.98 Å². The summed E-state index contributed by atoms with van der Waals surface area (Å²) >= 11 is 6.99. The van der Waals surface area contributed by atoms with E-state index in [1.54, 1.807) is 23.3 Å². The van der Waals surface area contributed by atoms with E-state index in [1.165, 1.54) is 0 Å². The minimum absolute atomic E-state index is 0.0274. The molecule has 1 amide bonds. The molecular weight excluding hydrogens is 208 g/mol. The third-order valence-corrected chi connectivity index (χ3v) is 2.66. The third kappa shape index (κ3) is 2.97. The van der Waals surface area contributed by atoms with Gasteiger partial charge in [-0.1, -0.05) is 0 Å². The van der Waals surface area contributed by atoms with Crippen LogP contribution in [0.2, 0.25) is 0 Å². The smallest absolute Gasteiger partial charge is 0.237 e. The average Bonchev–Trinajstić information content (AvgIpc) is 2.49. The number of carbonyl (C=O) groups is 1. The Morgan fingerprint density at radius 1 is 1.77 bits per heavy atom. The maximum absolute atomic E-state index is 11.1. The van der Waals surface area contributed by atoms with Crippen LogP contribution in [0, 0.1) is 6.92 Å². The SMILES string of the molecule is Cc1nc(CN(C)C(=O)CCl)cs1. The zero-order valence-electron chi connectivity index (χ0n) is 7.58. The van der Waals surface area contributed by atoms with Crippen LogP contribution in [0.25, 0.3) is 0 Å². The summed E-state index contributed by atoms with van der Waals surface area (Å²) in [5.41, 5.74) is 0.920. The summed E-state index contributed by atoms with van der Waals surface area (Å²) in [6.07, 6.45) is 0. The molecular formula is C8H11ClN2OS. The zero-order valence-corrected chi connectivity index (χ0v) is 9.15. The molecule has 0 aliphatic carbocycles. The van der Waals surface area contributed by atoms with Gasteiger partial charge in [0, 0.05) is 12.4 Å². The summed E-state index contributed by atoms with van der Waals surface area (Å²) < 4.78 is 0. The number of amides is 1. The lowest BCUT2D eigenvalue weighted by Gasteiger charge is -2.13. The number of aryl methyl sites for hydroxylation is 1. The molecule has 0 unspecified atom stereocenters. The van der Waals surface area contributed by atoms with Crippen LogP contribution in [0.5, 0.6) is 0 Å². The number of hydrogen-bond acceptors (Lipinski definition) is 3. The van der Waals surface area contributed by atoms with Crippen LogP contribution in [-0.4, -0.2) is 28.7 Å². The molecule has 0 saturated heterocycles. The van der Waals surface area contributed by atoms with E-state index in [1.807, 2.05) is 12.3 Å². The molecule has 0 bridgehead atoms. The normalized spacial score (nSPS) is 10.1. The number of thiazole rings is 1. The lowest BCUT2D eigenvalue weighted by Crippen LogP contribution is -2.27. The number of carbonyl (C=O) groups excluding carboxylic acids is 1. The molecule has 0 saturated carbocycles. The van der Waals surface area contributed by atoms with E-state index in [0.717, 1.165) is 10.7 Å². The first-order chi connectivity index (χ1) is 6.13. The third-order valence-electron chi connectivity index (χ3n) is 1.61. The Balaban J connectivity index is 2.54. The lowest BCUT2D eigenvalue weighted by molar-refractivity contribution is -0.127. The molecule has 0 aliphatic heterocycles. The number of hydrogen-bond donors (Lipinski definition) is 0. The maximum atomic E-state index is 11.1. The molecule has 0 spiro atoms. The van der Waals surface area contributed by atoms with Crippen molar-refractivity contribution in [2.45, 2.75) is 13.5 Å². The predicted molar refractivity (Wildman–Crippen MR) is 54.0 cm³/mol. The highest BCUT2D eigenvalue weighted by molar-refractivity contribution is 7.09. The molecule has 0 aromatic carbocycles. The van der Waals surface area contributed by atoms with Crippen molar-refractivity contribution in [2.24, 2.45) is 0 Å². The number of rotatable bonds is 3. The van der Waals surface area contributed by atoms with Crippen molar-refractivity contribution in [2.75, 3.05) is 12.9 Å². The van der Waals surface area contributed by atoms with Crippen LogP contribution in [0.1, 0.15) is 10.7 Å². The average molecular weight is 219 g/mol. The van der Waals surface area contributed by atoms with Crippen molar-refractivity contribution in [3.8, 4) is 0 Å². The number of alkyl halides is 1. The topological polar surface area (TPSA) is 33.2 Å². The van der Waals surface area contributed by atoms with E-state index < -0.39 is 0 Å². The van der Waals surface area contributed by atoms with E-state index in [-0.39, 0.29) is 11.8 Å². The first kappa shape index (κ1) is 10.5. The van der Waals surface area contributed by atoms with Gasteiger partial charge in [0.25, 0.3) is 0 Å². The molecule has 5 heteroatoms. The molecule has 3 nitrogen and oxygen atoms in total. The monoisotopic (exact) mass is 218 g/mol. The molecule has 0 aliphatic rings. The van der Waals surface area contributed by atoms with Crippen LogP contribution < -0.4 is 0 Å². The Labute approximate surface area is 86.3 Å². The molecule has 0 atom stereocenters. The Bertz CT molecular complexity index is 300. The summed E-state index contributed by atoms with van der Waals surface area (Å²) in [5, 5.41) is 2.97. The van der Waals surface area contributed by atoms with Gasteiger partial charge in [-0.2, -0.15) is 0 Å². The fraction of sp³-hybridized carbons (Fsp3) is 0.500. The highest BCUT2D eigenvalue weighted by Gasteiger charge is 2.08. The first-order valence-electron chi connectivity index (χ1n) is 3.84. The molecule has 1 aromatic heterocycles. The molecule has 1 rings (SSSR count). The highest BCUT2D eigenvalue weighted by Crippen LogP contribution is 2.09. The minimum atomic E-state index is -0.0766. The maximum Gasteiger partial charge on any atom is 0.237 e. The molecule has 0 fully saturated rings. The summed E-state index contributed by atoms with van der Waals surface area (Å²) in [6, 6.07) is 0. The fourth-order valence-corrected chi connectivity index (χ4v) is 1.72. The Kier molecular flexibility index (Phi) is 3.69. The highest BCUT2D eigenvalue weighted by atomic mass is 35.5. The van der Waals surface area contributed by atoms with Gasteiger partial charge in [0.05, 0.1) is 17.2 Å². The van der Waals surface area contributed by atoms with Crippen LogP contribution in [0.15, 0.2) is 5.38 Å². The second kappa shape index (κ2) is 4.58. The van der Waals surface area contributed by atoms with Gasteiger partial charge in [-0.3, -0.25) is 4.79 Å². The van der Waals surface area contributed by atoms with Crippen molar-refractivity contribution in [1.82, 2.24) is 9.88 Å². The Morgan fingerprint density at radius 2 is 2.46 bits per heavy atom. The van der Waals surface area contributed by atoms with E-state index in [4.69, 9.17) is 11.6 Å². The second-order valence-electron chi connectivity index (χ2n) is 2.74. The van der Waals surface area contributed by atoms with E-state index >= 15 is 0 Å². The summed E-state index contributed by atoms with van der Waals surface area (Å²) in [5.74, 6) is -0.0492. The van der Waals surface area contributed by atoms with Crippen LogP contribution in [0.3, 0.4) is 0 Å². The molecule has 1 heterocycles. The molecule has 13 heavy (non-hydrogen) atoms. The van der Waals surface area contributed by atoms with Crippen molar-refractivity contribution in [3.05, 3.63) is 16.1 Å². The Hall–Kier alpha value is -0.610. The van der Waals surface area contributed by atoms with Gasteiger partial charge in [-0.15, -0.1) is 22.9 Å².